The SMILES string of the molecule is O=[N+]([O-])c1cc(-c2nnc(/C=C/c3cccs3)o2)cc([N+](=O)[O-])c1. The molecular weight excluding hydrogens is 336 g/mol. The second-order valence-electron chi connectivity index (χ2n) is 4.55. The molecule has 10 heteroatoms. The molecule has 3 aromatic rings. The van der Waals surface area contributed by atoms with Gasteiger partial charge in [-0.1, -0.05) is 6.07 Å². The molecule has 1 aromatic carbocycles. The van der Waals surface area contributed by atoms with E-state index in [0.717, 1.165) is 23.1 Å². The van der Waals surface area contributed by atoms with E-state index in [9.17, 15) is 20.2 Å². The normalized spacial score (nSPS) is 11.0. The Hall–Kier alpha value is -3.40. The van der Waals surface area contributed by atoms with Crippen molar-refractivity contribution in [3.63, 3.8) is 0 Å². The number of aromatic nitrogens is 2. The van der Waals surface area contributed by atoms with E-state index in [2.05, 4.69) is 10.2 Å². The molecule has 2 aromatic heterocycles. The topological polar surface area (TPSA) is 125 Å². The van der Waals surface area contributed by atoms with Gasteiger partial charge in [0.2, 0.25) is 11.8 Å². The van der Waals surface area contributed by atoms with E-state index >= 15 is 0 Å². The summed E-state index contributed by atoms with van der Waals surface area (Å²) in [6.45, 7) is 0. The number of thiophene rings is 1. The number of non-ortho nitro benzene ring substituents is 2. The van der Waals surface area contributed by atoms with Crippen molar-refractivity contribution in [3.05, 3.63) is 66.7 Å². The lowest BCUT2D eigenvalue weighted by Crippen LogP contribution is -1.94. The predicted octanol–water partition coefficient (Wildman–Crippen LogP) is 3.78. The zero-order valence-corrected chi connectivity index (χ0v) is 12.7. The highest BCUT2D eigenvalue weighted by atomic mass is 32.1. The molecule has 0 saturated heterocycles. The van der Waals surface area contributed by atoms with E-state index < -0.39 is 21.2 Å². The summed E-state index contributed by atoms with van der Waals surface area (Å²) in [6, 6.07) is 6.96. The fourth-order valence-corrected chi connectivity index (χ4v) is 2.51. The molecule has 0 N–H and O–H groups in total. The predicted molar refractivity (Wildman–Crippen MR) is 86.3 cm³/mol. The van der Waals surface area contributed by atoms with Crippen molar-refractivity contribution in [2.75, 3.05) is 0 Å². The van der Waals surface area contributed by atoms with Gasteiger partial charge in [0.15, 0.2) is 0 Å². The van der Waals surface area contributed by atoms with Crippen LogP contribution in [-0.4, -0.2) is 20.0 Å². The van der Waals surface area contributed by atoms with Crippen molar-refractivity contribution in [1.82, 2.24) is 10.2 Å². The van der Waals surface area contributed by atoms with E-state index in [1.165, 1.54) is 11.3 Å². The first-order valence-electron chi connectivity index (χ1n) is 6.52. The Balaban J connectivity index is 1.94. The Morgan fingerprint density at radius 1 is 1.04 bits per heavy atom. The van der Waals surface area contributed by atoms with Gasteiger partial charge in [-0.25, -0.2) is 0 Å². The lowest BCUT2D eigenvalue weighted by molar-refractivity contribution is -0.394. The molecule has 0 amide bonds. The summed E-state index contributed by atoms with van der Waals surface area (Å²) in [5.74, 6) is 0.153. The van der Waals surface area contributed by atoms with Gasteiger partial charge < -0.3 is 4.42 Å². The Bertz CT molecular complexity index is 900. The fraction of sp³-hybridized carbons (Fsp3) is 0. The van der Waals surface area contributed by atoms with Crippen LogP contribution in [0.4, 0.5) is 11.4 Å². The Morgan fingerprint density at radius 2 is 1.75 bits per heavy atom. The van der Waals surface area contributed by atoms with Crippen LogP contribution in [0.1, 0.15) is 10.8 Å². The lowest BCUT2D eigenvalue weighted by Gasteiger charge is -1.97. The highest BCUT2D eigenvalue weighted by Gasteiger charge is 2.19. The van der Waals surface area contributed by atoms with Crippen LogP contribution < -0.4 is 0 Å². The van der Waals surface area contributed by atoms with Crippen molar-refractivity contribution >= 4 is 34.9 Å². The van der Waals surface area contributed by atoms with Gasteiger partial charge in [-0.05, 0) is 17.5 Å². The third-order valence-electron chi connectivity index (χ3n) is 2.95. The first-order valence-corrected chi connectivity index (χ1v) is 7.40. The third kappa shape index (κ3) is 3.33. The molecule has 0 unspecified atom stereocenters. The van der Waals surface area contributed by atoms with Crippen molar-refractivity contribution in [1.29, 1.82) is 0 Å². The molecular formula is C14H8N4O5S. The standard InChI is InChI=1S/C14H8N4O5S/c19-17(20)10-6-9(7-11(8-10)18(21)22)14-16-15-13(23-14)4-3-12-2-1-5-24-12/h1-8H/b4-3+. The highest BCUT2D eigenvalue weighted by Crippen LogP contribution is 2.29. The molecule has 0 saturated carbocycles. The second-order valence-corrected chi connectivity index (χ2v) is 5.53. The maximum absolute atomic E-state index is 10.9. The Morgan fingerprint density at radius 3 is 2.33 bits per heavy atom. The van der Waals surface area contributed by atoms with Gasteiger partial charge in [0.1, 0.15) is 0 Å². The van der Waals surface area contributed by atoms with Crippen LogP contribution in [0.2, 0.25) is 0 Å². The summed E-state index contributed by atoms with van der Waals surface area (Å²) in [4.78, 5) is 21.4. The molecule has 9 nitrogen and oxygen atoms in total. The number of nitrogens with zero attached hydrogens (tertiary/aromatic N) is 4. The molecule has 120 valence electrons. The molecule has 0 aliphatic rings. The van der Waals surface area contributed by atoms with Gasteiger partial charge in [-0.3, -0.25) is 20.2 Å². The van der Waals surface area contributed by atoms with Crippen LogP contribution >= 0.6 is 11.3 Å². The monoisotopic (exact) mass is 344 g/mol. The highest BCUT2D eigenvalue weighted by molar-refractivity contribution is 7.10. The first kappa shape index (κ1) is 15.5. The number of benzene rings is 1. The van der Waals surface area contributed by atoms with E-state index in [1.807, 2.05) is 17.5 Å². The van der Waals surface area contributed by atoms with E-state index in [1.54, 1.807) is 12.2 Å². The van der Waals surface area contributed by atoms with Gasteiger partial charge in [-0.2, -0.15) is 0 Å². The Labute approximate surface area is 138 Å². The number of nitro benzene ring substituents is 2. The molecule has 0 fully saturated rings. The maximum atomic E-state index is 10.9. The van der Waals surface area contributed by atoms with Gasteiger partial charge in [0.05, 0.1) is 21.5 Å². The minimum absolute atomic E-state index is 0.0346. The van der Waals surface area contributed by atoms with Gasteiger partial charge in [0.25, 0.3) is 11.4 Å². The van der Waals surface area contributed by atoms with Crippen molar-refractivity contribution in [2.24, 2.45) is 0 Å². The molecule has 0 atom stereocenters. The summed E-state index contributed by atoms with van der Waals surface area (Å²) >= 11 is 1.53. The molecule has 0 radical (unpaired) electrons. The van der Waals surface area contributed by atoms with Crippen LogP contribution in [-0.2, 0) is 0 Å². The number of rotatable bonds is 5. The molecule has 0 aliphatic carbocycles. The zero-order chi connectivity index (χ0) is 17.1. The summed E-state index contributed by atoms with van der Waals surface area (Å²) in [6.07, 6.45) is 3.37. The molecule has 0 bridgehead atoms. The quantitative estimate of drug-likeness (QED) is 0.509. The van der Waals surface area contributed by atoms with Crippen LogP contribution in [0, 0.1) is 20.2 Å². The minimum Gasteiger partial charge on any atom is -0.417 e. The van der Waals surface area contributed by atoms with Gasteiger partial charge >= 0.3 is 0 Å². The average Bonchev–Trinajstić information content (AvgIpc) is 3.24. The number of hydrogen-bond donors (Lipinski definition) is 0. The molecule has 0 aliphatic heterocycles. The van der Waals surface area contributed by atoms with Crippen LogP contribution in [0.15, 0.2) is 40.1 Å². The van der Waals surface area contributed by atoms with E-state index in [4.69, 9.17) is 4.42 Å². The third-order valence-corrected chi connectivity index (χ3v) is 3.78. The van der Waals surface area contributed by atoms with Crippen LogP contribution in [0.25, 0.3) is 23.6 Å². The number of nitro groups is 2. The molecule has 0 spiro atoms. The molecule has 3 rings (SSSR count). The first-order chi connectivity index (χ1) is 11.5. The van der Waals surface area contributed by atoms with Gasteiger partial charge in [0, 0.05) is 23.1 Å². The largest absolute Gasteiger partial charge is 0.417 e. The minimum atomic E-state index is -0.718. The maximum Gasteiger partial charge on any atom is 0.277 e. The van der Waals surface area contributed by atoms with Crippen molar-refractivity contribution in [3.8, 4) is 11.5 Å². The summed E-state index contributed by atoms with van der Waals surface area (Å²) in [5, 5.41) is 31.3. The van der Waals surface area contributed by atoms with Crippen molar-refractivity contribution < 1.29 is 14.3 Å². The lowest BCUT2D eigenvalue weighted by atomic mass is 10.2. The fourth-order valence-electron chi connectivity index (χ4n) is 1.89. The smallest absolute Gasteiger partial charge is 0.277 e. The van der Waals surface area contributed by atoms with E-state index in [-0.39, 0.29) is 17.3 Å². The van der Waals surface area contributed by atoms with Crippen LogP contribution in [0.3, 0.4) is 0 Å². The summed E-state index contributed by atoms with van der Waals surface area (Å²) in [7, 11) is 0. The molecule has 2 heterocycles. The Kier molecular flexibility index (Phi) is 4.12. The summed E-state index contributed by atoms with van der Waals surface area (Å²) < 4.78 is 5.39. The molecule has 24 heavy (non-hydrogen) atoms. The van der Waals surface area contributed by atoms with Crippen LogP contribution in [0.5, 0.6) is 0 Å². The number of hydrogen-bond acceptors (Lipinski definition) is 8. The van der Waals surface area contributed by atoms with E-state index in [0.29, 0.717) is 0 Å². The summed E-state index contributed by atoms with van der Waals surface area (Å²) in [5.41, 5.74) is -0.736. The van der Waals surface area contributed by atoms with Crippen molar-refractivity contribution in [2.45, 2.75) is 0 Å². The average molecular weight is 344 g/mol. The second kappa shape index (κ2) is 6.38. The van der Waals surface area contributed by atoms with Gasteiger partial charge in [-0.15, -0.1) is 21.5 Å². The zero-order valence-electron chi connectivity index (χ0n) is 11.9.